The molecule has 112 valence electrons. The zero-order chi connectivity index (χ0) is 15.3. The van der Waals surface area contributed by atoms with Crippen LogP contribution >= 0.6 is 27.3 Å². The number of halogens is 1. The Morgan fingerprint density at radius 1 is 1.45 bits per heavy atom. The van der Waals surface area contributed by atoms with Gasteiger partial charge in [-0.15, -0.1) is 11.3 Å². The molecule has 0 fully saturated rings. The maximum absolute atomic E-state index is 12.1. The average Bonchev–Trinajstić information content (AvgIpc) is 2.84. The van der Waals surface area contributed by atoms with Gasteiger partial charge in [0.15, 0.2) is 0 Å². The Labute approximate surface area is 129 Å². The lowest BCUT2D eigenvalue weighted by atomic mass is 10.2. The van der Waals surface area contributed by atoms with Gasteiger partial charge in [-0.25, -0.2) is 4.79 Å². The van der Waals surface area contributed by atoms with Gasteiger partial charge in [0.2, 0.25) is 5.91 Å². The minimum Gasteiger partial charge on any atom is -0.465 e. The lowest BCUT2D eigenvalue weighted by Gasteiger charge is -2.29. The van der Waals surface area contributed by atoms with Crippen molar-refractivity contribution in [3.8, 4) is 0 Å². The molecule has 0 aliphatic heterocycles. The van der Waals surface area contributed by atoms with Crippen molar-refractivity contribution < 1.29 is 24.5 Å². The highest BCUT2D eigenvalue weighted by molar-refractivity contribution is 9.11. The summed E-state index contributed by atoms with van der Waals surface area (Å²) < 4.78 is 5.34. The van der Waals surface area contributed by atoms with Crippen molar-refractivity contribution in [2.24, 2.45) is 0 Å². The van der Waals surface area contributed by atoms with Crippen LogP contribution < -0.4 is 4.90 Å². The van der Waals surface area contributed by atoms with Crippen molar-refractivity contribution in [3.05, 3.63) is 14.7 Å². The van der Waals surface area contributed by atoms with E-state index in [2.05, 4.69) is 20.7 Å². The first kappa shape index (κ1) is 17.1. The minimum absolute atomic E-state index is 0.185. The third kappa shape index (κ3) is 3.57. The molecule has 0 spiro atoms. The molecule has 1 aromatic heterocycles. The molecule has 0 saturated carbocycles. The van der Waals surface area contributed by atoms with Crippen molar-refractivity contribution in [3.63, 3.8) is 0 Å². The minimum atomic E-state index is -0.799. The van der Waals surface area contributed by atoms with Crippen LogP contribution in [0.2, 0.25) is 0 Å². The van der Waals surface area contributed by atoms with Crippen molar-refractivity contribution in [2.45, 2.75) is 19.4 Å². The molecule has 0 aliphatic carbocycles. The number of esters is 1. The summed E-state index contributed by atoms with van der Waals surface area (Å²) in [5.41, 5.74) is 0.327. The van der Waals surface area contributed by atoms with Crippen LogP contribution in [0.5, 0.6) is 0 Å². The number of methoxy groups -OCH3 is 1. The van der Waals surface area contributed by atoms with E-state index in [9.17, 15) is 19.8 Å². The molecule has 8 heteroatoms. The first-order chi connectivity index (χ1) is 9.49. The number of amides is 1. The highest BCUT2D eigenvalue weighted by atomic mass is 79.9. The van der Waals surface area contributed by atoms with E-state index in [1.54, 1.807) is 13.0 Å². The quantitative estimate of drug-likeness (QED) is 0.743. The van der Waals surface area contributed by atoms with Crippen LogP contribution in [-0.4, -0.2) is 48.5 Å². The second-order valence-corrected chi connectivity index (χ2v) is 6.32. The average molecular weight is 366 g/mol. The van der Waals surface area contributed by atoms with Crippen molar-refractivity contribution in [2.75, 3.05) is 25.2 Å². The van der Waals surface area contributed by atoms with Crippen LogP contribution in [0.25, 0.3) is 0 Å². The van der Waals surface area contributed by atoms with E-state index in [1.807, 2.05) is 0 Å². The lowest BCUT2D eigenvalue weighted by molar-refractivity contribution is -0.119. The van der Waals surface area contributed by atoms with Crippen molar-refractivity contribution in [1.82, 2.24) is 0 Å². The largest absolute Gasteiger partial charge is 0.465 e. The molecule has 1 heterocycles. The molecule has 1 aromatic rings. The molecule has 1 rings (SSSR count). The molecule has 0 saturated heterocycles. The van der Waals surface area contributed by atoms with E-state index in [1.165, 1.54) is 12.0 Å². The van der Waals surface area contributed by atoms with E-state index < -0.39 is 25.2 Å². The molecule has 2 N–H and O–H groups in total. The summed E-state index contributed by atoms with van der Waals surface area (Å²) in [6.45, 7) is 0.854. The van der Waals surface area contributed by atoms with Crippen LogP contribution in [0.4, 0.5) is 5.69 Å². The number of aliphatic hydroxyl groups is 2. The van der Waals surface area contributed by atoms with Crippen LogP contribution in [0.1, 0.15) is 23.0 Å². The van der Waals surface area contributed by atoms with E-state index in [0.717, 1.165) is 11.3 Å². The zero-order valence-corrected chi connectivity index (χ0v) is 13.5. The number of ether oxygens (including phenoxy) is 1. The summed E-state index contributed by atoms with van der Waals surface area (Å²) in [6, 6.07) is 0.801. The van der Waals surface area contributed by atoms with Crippen LogP contribution in [-0.2, 0) is 9.53 Å². The fourth-order valence-electron chi connectivity index (χ4n) is 1.70. The van der Waals surface area contributed by atoms with Crippen LogP contribution in [0, 0.1) is 0 Å². The molecule has 0 atom stereocenters. The number of anilines is 1. The second kappa shape index (κ2) is 7.72. The Kier molecular flexibility index (Phi) is 6.60. The van der Waals surface area contributed by atoms with E-state index in [4.69, 9.17) is 0 Å². The van der Waals surface area contributed by atoms with Gasteiger partial charge in [0, 0.05) is 6.42 Å². The summed E-state index contributed by atoms with van der Waals surface area (Å²) in [7, 11) is 1.25. The summed E-state index contributed by atoms with van der Waals surface area (Å²) >= 11 is 4.39. The Balaban J connectivity index is 3.33. The van der Waals surface area contributed by atoms with Gasteiger partial charge in [-0.2, -0.15) is 0 Å². The standard InChI is InChI=1S/C12H16BrNO5S/c1-3-10(17)14(7(5-15)6-16)8-4-9(13)20-11(8)12(18)19-2/h4,7,15-16H,3,5-6H2,1-2H3. The maximum Gasteiger partial charge on any atom is 0.350 e. The number of nitrogens with zero attached hydrogens (tertiary/aromatic N) is 1. The van der Waals surface area contributed by atoms with Crippen molar-refractivity contribution >= 4 is 44.8 Å². The van der Waals surface area contributed by atoms with Gasteiger partial charge in [0.1, 0.15) is 4.88 Å². The van der Waals surface area contributed by atoms with E-state index in [0.29, 0.717) is 9.47 Å². The molecular weight excluding hydrogens is 350 g/mol. The van der Waals surface area contributed by atoms with E-state index in [-0.39, 0.29) is 17.2 Å². The number of hydrogen-bond acceptors (Lipinski definition) is 6. The van der Waals surface area contributed by atoms with Crippen LogP contribution in [0.15, 0.2) is 9.85 Å². The predicted octanol–water partition coefficient (Wildman–Crippen LogP) is 1.39. The first-order valence-corrected chi connectivity index (χ1v) is 7.52. The Morgan fingerprint density at radius 3 is 2.50 bits per heavy atom. The smallest absolute Gasteiger partial charge is 0.350 e. The Morgan fingerprint density at radius 2 is 2.05 bits per heavy atom. The summed E-state index contributed by atoms with van der Waals surface area (Å²) in [4.78, 5) is 25.3. The SMILES string of the molecule is CCC(=O)N(c1cc(Br)sc1C(=O)OC)C(CO)CO. The normalized spacial score (nSPS) is 10.7. The molecule has 0 unspecified atom stereocenters. The number of hydrogen-bond donors (Lipinski definition) is 2. The number of carbonyl (C=O) groups is 2. The number of rotatable bonds is 6. The first-order valence-electron chi connectivity index (χ1n) is 5.91. The number of carbonyl (C=O) groups excluding carboxylic acids is 2. The maximum atomic E-state index is 12.1. The summed E-state index contributed by atoms with van der Waals surface area (Å²) in [5.74, 6) is -0.868. The predicted molar refractivity (Wildman–Crippen MR) is 79.1 cm³/mol. The Hall–Kier alpha value is -0.960. The van der Waals surface area contributed by atoms with Gasteiger partial charge in [-0.05, 0) is 22.0 Å². The Bertz CT molecular complexity index is 486. The van der Waals surface area contributed by atoms with Gasteiger partial charge in [-0.1, -0.05) is 6.92 Å². The van der Waals surface area contributed by atoms with Gasteiger partial charge in [0.05, 0.1) is 35.8 Å². The summed E-state index contributed by atoms with van der Waals surface area (Å²) in [5, 5.41) is 18.6. The lowest BCUT2D eigenvalue weighted by Crippen LogP contribution is -2.45. The van der Waals surface area contributed by atoms with Crippen molar-refractivity contribution in [1.29, 1.82) is 0 Å². The number of aliphatic hydroxyl groups excluding tert-OH is 2. The van der Waals surface area contributed by atoms with Gasteiger partial charge in [0.25, 0.3) is 0 Å². The van der Waals surface area contributed by atoms with Gasteiger partial charge in [-0.3, -0.25) is 4.79 Å². The van der Waals surface area contributed by atoms with Crippen LogP contribution in [0.3, 0.4) is 0 Å². The molecular formula is C12H16BrNO5S. The topological polar surface area (TPSA) is 87.1 Å². The number of thiophene rings is 1. The molecule has 0 bridgehead atoms. The van der Waals surface area contributed by atoms with E-state index >= 15 is 0 Å². The van der Waals surface area contributed by atoms with Gasteiger partial charge >= 0.3 is 5.97 Å². The fraction of sp³-hybridized carbons (Fsp3) is 0.500. The molecule has 1 amide bonds. The molecule has 0 radical (unpaired) electrons. The highest BCUT2D eigenvalue weighted by Crippen LogP contribution is 2.35. The third-order valence-electron chi connectivity index (χ3n) is 2.67. The third-order valence-corrected chi connectivity index (χ3v) is 4.28. The highest BCUT2D eigenvalue weighted by Gasteiger charge is 2.29. The molecule has 0 aromatic carbocycles. The van der Waals surface area contributed by atoms with Gasteiger partial charge < -0.3 is 19.8 Å². The summed E-state index contributed by atoms with van der Waals surface area (Å²) in [6.07, 6.45) is 0.185. The zero-order valence-electron chi connectivity index (χ0n) is 11.1. The molecule has 20 heavy (non-hydrogen) atoms. The fourth-order valence-corrected chi connectivity index (χ4v) is 3.19. The molecule has 6 nitrogen and oxygen atoms in total. The molecule has 0 aliphatic rings. The monoisotopic (exact) mass is 365 g/mol. The second-order valence-electron chi connectivity index (χ2n) is 3.89.